The second-order valence-electron chi connectivity index (χ2n) is 6.01. The quantitative estimate of drug-likeness (QED) is 0.538. The van der Waals surface area contributed by atoms with Crippen LogP contribution in [0.5, 0.6) is 0 Å². The van der Waals surface area contributed by atoms with Crippen molar-refractivity contribution in [1.82, 2.24) is 14.6 Å². The summed E-state index contributed by atoms with van der Waals surface area (Å²) in [5.41, 5.74) is 2.85. The molecule has 8 heteroatoms. The number of hydrogen-bond donors (Lipinski definition) is 0. The molecule has 0 unspecified atom stereocenters. The molecule has 1 aromatic carbocycles. The minimum atomic E-state index is -0.414. The first-order valence-corrected chi connectivity index (χ1v) is 8.06. The van der Waals surface area contributed by atoms with Gasteiger partial charge < -0.3 is 9.64 Å². The van der Waals surface area contributed by atoms with E-state index >= 15 is 0 Å². The van der Waals surface area contributed by atoms with E-state index in [1.807, 2.05) is 17.6 Å². The molecule has 3 heterocycles. The number of anilines is 1. The van der Waals surface area contributed by atoms with Crippen LogP contribution in [0.2, 0.25) is 0 Å². The van der Waals surface area contributed by atoms with Gasteiger partial charge in [-0.1, -0.05) is 0 Å². The van der Waals surface area contributed by atoms with Crippen LogP contribution in [0.4, 0.5) is 11.5 Å². The molecule has 0 aliphatic carbocycles. The number of hydrogen-bond acceptors (Lipinski definition) is 6. The minimum absolute atomic E-state index is 0.0510. The summed E-state index contributed by atoms with van der Waals surface area (Å²) >= 11 is 0. The fraction of sp³-hybridized carbons (Fsp3) is 0.294. The van der Waals surface area contributed by atoms with Gasteiger partial charge in [0.05, 0.1) is 18.1 Å². The molecular formula is C17H17N5O3. The smallest absolute Gasteiger partial charge is 0.269 e. The first-order valence-electron chi connectivity index (χ1n) is 8.06. The summed E-state index contributed by atoms with van der Waals surface area (Å²) in [4.78, 5) is 17.4. The molecule has 1 aliphatic heterocycles. The molecule has 1 fully saturated rings. The number of aromatic nitrogens is 3. The fourth-order valence-corrected chi connectivity index (χ4v) is 2.98. The van der Waals surface area contributed by atoms with Gasteiger partial charge in [-0.15, -0.1) is 5.10 Å². The van der Waals surface area contributed by atoms with E-state index in [4.69, 9.17) is 9.72 Å². The Morgan fingerprint density at radius 1 is 1.20 bits per heavy atom. The molecule has 2 aromatic heterocycles. The van der Waals surface area contributed by atoms with Crippen LogP contribution < -0.4 is 4.90 Å². The zero-order valence-electron chi connectivity index (χ0n) is 13.8. The first kappa shape index (κ1) is 15.5. The summed E-state index contributed by atoms with van der Waals surface area (Å²) in [6, 6.07) is 8.36. The summed E-state index contributed by atoms with van der Waals surface area (Å²) in [6.07, 6.45) is 1.95. The van der Waals surface area contributed by atoms with E-state index in [-0.39, 0.29) is 5.69 Å². The Morgan fingerprint density at radius 3 is 2.60 bits per heavy atom. The molecule has 4 rings (SSSR count). The van der Waals surface area contributed by atoms with E-state index in [2.05, 4.69) is 16.1 Å². The number of ether oxygens (including phenoxy) is 1. The third-order valence-electron chi connectivity index (χ3n) is 4.23. The lowest BCUT2D eigenvalue weighted by molar-refractivity contribution is -0.384. The highest BCUT2D eigenvalue weighted by atomic mass is 16.6. The highest BCUT2D eigenvalue weighted by Gasteiger charge is 2.19. The average Bonchev–Trinajstić information content (AvgIpc) is 3.01. The van der Waals surface area contributed by atoms with Crippen LogP contribution in [-0.4, -0.2) is 45.8 Å². The maximum absolute atomic E-state index is 10.8. The zero-order chi connectivity index (χ0) is 17.4. The predicted octanol–water partition coefficient (Wildman–Crippen LogP) is 2.45. The van der Waals surface area contributed by atoms with Crippen molar-refractivity contribution in [2.75, 3.05) is 31.2 Å². The van der Waals surface area contributed by atoms with Crippen LogP contribution in [0.15, 0.2) is 36.5 Å². The van der Waals surface area contributed by atoms with Crippen LogP contribution in [0.1, 0.15) is 5.56 Å². The van der Waals surface area contributed by atoms with Crippen molar-refractivity contribution in [3.05, 3.63) is 52.2 Å². The normalized spacial score (nSPS) is 14.8. The van der Waals surface area contributed by atoms with Gasteiger partial charge in [0.1, 0.15) is 5.52 Å². The SMILES string of the molecule is Cc1cc2c(N3CCOCC3)nc(-c3ccc([N+](=O)[O-])cc3)nn2c1. The number of morpholine rings is 1. The lowest BCUT2D eigenvalue weighted by Gasteiger charge is -2.28. The molecule has 0 bridgehead atoms. The molecule has 8 nitrogen and oxygen atoms in total. The molecule has 128 valence electrons. The highest BCUT2D eigenvalue weighted by molar-refractivity contribution is 5.72. The van der Waals surface area contributed by atoms with Crippen LogP contribution >= 0.6 is 0 Å². The van der Waals surface area contributed by atoms with Crippen molar-refractivity contribution in [2.45, 2.75) is 6.92 Å². The molecule has 0 saturated carbocycles. The van der Waals surface area contributed by atoms with Crippen molar-refractivity contribution >= 4 is 17.0 Å². The van der Waals surface area contributed by atoms with Crippen molar-refractivity contribution < 1.29 is 9.66 Å². The average molecular weight is 339 g/mol. The molecule has 1 saturated heterocycles. The van der Waals surface area contributed by atoms with Crippen molar-refractivity contribution in [3.63, 3.8) is 0 Å². The topological polar surface area (TPSA) is 85.8 Å². The first-order chi connectivity index (χ1) is 12.1. The predicted molar refractivity (Wildman–Crippen MR) is 92.8 cm³/mol. The fourth-order valence-electron chi connectivity index (χ4n) is 2.98. The van der Waals surface area contributed by atoms with E-state index in [0.29, 0.717) is 19.0 Å². The maximum atomic E-state index is 10.8. The number of aryl methyl sites for hydroxylation is 1. The third kappa shape index (κ3) is 2.91. The second-order valence-corrected chi connectivity index (χ2v) is 6.01. The Balaban J connectivity index is 1.82. The molecule has 1 aliphatic rings. The molecule has 0 spiro atoms. The lowest BCUT2D eigenvalue weighted by atomic mass is 10.2. The largest absolute Gasteiger partial charge is 0.378 e. The van der Waals surface area contributed by atoms with E-state index in [1.54, 1.807) is 12.1 Å². The van der Waals surface area contributed by atoms with Crippen LogP contribution in [0, 0.1) is 17.0 Å². The number of non-ortho nitro benzene ring substituents is 1. The Labute approximate surface area is 143 Å². The van der Waals surface area contributed by atoms with Crippen LogP contribution in [0.3, 0.4) is 0 Å². The van der Waals surface area contributed by atoms with Gasteiger partial charge in [-0.25, -0.2) is 9.50 Å². The Morgan fingerprint density at radius 2 is 1.92 bits per heavy atom. The van der Waals surface area contributed by atoms with Gasteiger partial charge in [0.25, 0.3) is 5.69 Å². The van der Waals surface area contributed by atoms with E-state index < -0.39 is 4.92 Å². The standard InChI is InChI=1S/C17H17N5O3/c1-12-10-15-17(20-6-8-25-9-7-20)18-16(19-21(15)11-12)13-2-4-14(5-3-13)22(23)24/h2-5,10-11H,6-9H2,1H3. The summed E-state index contributed by atoms with van der Waals surface area (Å²) in [6.45, 7) is 4.90. The number of nitro groups is 1. The van der Waals surface area contributed by atoms with Gasteiger partial charge >= 0.3 is 0 Å². The van der Waals surface area contributed by atoms with Crippen molar-refractivity contribution in [1.29, 1.82) is 0 Å². The maximum Gasteiger partial charge on any atom is 0.269 e. The van der Waals surface area contributed by atoms with Crippen molar-refractivity contribution in [3.8, 4) is 11.4 Å². The minimum Gasteiger partial charge on any atom is -0.378 e. The van der Waals surface area contributed by atoms with E-state index in [0.717, 1.165) is 35.6 Å². The van der Waals surface area contributed by atoms with Gasteiger partial charge in [-0.3, -0.25) is 10.1 Å². The molecular weight excluding hydrogens is 322 g/mol. The van der Waals surface area contributed by atoms with Crippen LogP contribution in [-0.2, 0) is 4.74 Å². The van der Waals surface area contributed by atoms with Crippen LogP contribution in [0.25, 0.3) is 16.9 Å². The molecule has 0 N–H and O–H groups in total. The summed E-state index contributed by atoms with van der Waals surface area (Å²) < 4.78 is 7.26. The Bertz CT molecular complexity index is 929. The highest BCUT2D eigenvalue weighted by Crippen LogP contribution is 2.26. The molecule has 25 heavy (non-hydrogen) atoms. The summed E-state index contributed by atoms with van der Waals surface area (Å²) in [7, 11) is 0. The molecule has 0 radical (unpaired) electrons. The van der Waals surface area contributed by atoms with Gasteiger partial charge in [-0.2, -0.15) is 0 Å². The molecule has 0 atom stereocenters. The molecule has 0 amide bonds. The van der Waals surface area contributed by atoms with E-state index in [9.17, 15) is 10.1 Å². The number of rotatable bonds is 3. The van der Waals surface area contributed by atoms with Gasteiger partial charge in [-0.05, 0) is 30.7 Å². The number of fused-ring (bicyclic) bond motifs is 1. The number of nitro benzene ring substituents is 1. The number of nitrogens with zero attached hydrogens (tertiary/aromatic N) is 5. The summed E-state index contributed by atoms with van der Waals surface area (Å²) in [5.74, 6) is 1.40. The monoisotopic (exact) mass is 339 g/mol. The van der Waals surface area contributed by atoms with Gasteiger partial charge in [0.2, 0.25) is 0 Å². The summed E-state index contributed by atoms with van der Waals surface area (Å²) in [5, 5.41) is 15.4. The zero-order valence-corrected chi connectivity index (χ0v) is 13.8. The Hall–Kier alpha value is -3.00. The second kappa shape index (κ2) is 6.14. The lowest BCUT2D eigenvalue weighted by Crippen LogP contribution is -2.37. The van der Waals surface area contributed by atoms with E-state index in [1.165, 1.54) is 12.1 Å². The third-order valence-corrected chi connectivity index (χ3v) is 4.23. The Kier molecular flexibility index (Phi) is 3.81. The van der Waals surface area contributed by atoms with Gasteiger partial charge in [0, 0.05) is 37.0 Å². The van der Waals surface area contributed by atoms with Crippen molar-refractivity contribution in [2.24, 2.45) is 0 Å². The molecule has 3 aromatic rings. The number of benzene rings is 1. The van der Waals surface area contributed by atoms with Gasteiger partial charge in [0.15, 0.2) is 11.6 Å².